The summed E-state index contributed by atoms with van der Waals surface area (Å²) in [5, 5.41) is 4.10. The van der Waals surface area contributed by atoms with Gasteiger partial charge < -0.3 is 4.74 Å². The van der Waals surface area contributed by atoms with Gasteiger partial charge in [-0.15, -0.1) is 0 Å². The van der Waals surface area contributed by atoms with E-state index in [2.05, 4.69) is 31.0 Å². The summed E-state index contributed by atoms with van der Waals surface area (Å²) in [5.74, 6) is 0.133. The number of hydrogen-bond acceptors (Lipinski definition) is 5. The Labute approximate surface area is 112 Å². The molecule has 0 aromatic carbocycles. The molecule has 94 valence electrons. The summed E-state index contributed by atoms with van der Waals surface area (Å²) < 4.78 is 7.23. The highest BCUT2D eigenvalue weighted by molar-refractivity contribution is 9.10. The SMILES string of the molecule is CCn1ncc(Br)c1C(=O)c1cc(OC)ncn1. The second-order valence-electron chi connectivity index (χ2n) is 3.43. The van der Waals surface area contributed by atoms with Crippen molar-refractivity contribution >= 4 is 21.7 Å². The summed E-state index contributed by atoms with van der Waals surface area (Å²) in [7, 11) is 1.49. The van der Waals surface area contributed by atoms with E-state index in [0.717, 1.165) is 0 Å². The third kappa shape index (κ3) is 2.26. The van der Waals surface area contributed by atoms with Crippen LogP contribution in [0.4, 0.5) is 0 Å². The summed E-state index contributed by atoms with van der Waals surface area (Å²) >= 11 is 3.31. The molecule has 0 atom stereocenters. The smallest absolute Gasteiger partial charge is 0.230 e. The number of carbonyl (C=O) groups is 1. The van der Waals surface area contributed by atoms with Crippen LogP contribution >= 0.6 is 15.9 Å². The molecule has 0 bridgehead atoms. The van der Waals surface area contributed by atoms with Gasteiger partial charge in [-0.25, -0.2) is 9.97 Å². The number of ether oxygens (including phenoxy) is 1. The summed E-state index contributed by atoms with van der Waals surface area (Å²) in [4.78, 5) is 20.2. The van der Waals surface area contributed by atoms with Gasteiger partial charge in [0.2, 0.25) is 11.7 Å². The fourth-order valence-electron chi connectivity index (χ4n) is 1.52. The van der Waals surface area contributed by atoms with E-state index in [1.165, 1.54) is 19.5 Å². The van der Waals surface area contributed by atoms with Gasteiger partial charge in [0, 0.05) is 12.6 Å². The highest BCUT2D eigenvalue weighted by Gasteiger charge is 2.20. The normalized spacial score (nSPS) is 10.4. The van der Waals surface area contributed by atoms with Gasteiger partial charge in [-0.2, -0.15) is 5.10 Å². The number of nitrogens with zero attached hydrogens (tertiary/aromatic N) is 4. The minimum atomic E-state index is -0.220. The quantitative estimate of drug-likeness (QED) is 0.804. The van der Waals surface area contributed by atoms with Gasteiger partial charge in [-0.1, -0.05) is 0 Å². The van der Waals surface area contributed by atoms with Crippen LogP contribution in [0.25, 0.3) is 0 Å². The van der Waals surface area contributed by atoms with Crippen molar-refractivity contribution in [1.29, 1.82) is 0 Å². The number of aromatic nitrogens is 4. The van der Waals surface area contributed by atoms with Crippen molar-refractivity contribution in [3.05, 3.63) is 34.5 Å². The van der Waals surface area contributed by atoms with Crippen LogP contribution in [-0.4, -0.2) is 32.6 Å². The van der Waals surface area contributed by atoms with Gasteiger partial charge in [0.05, 0.1) is 17.8 Å². The lowest BCUT2D eigenvalue weighted by Gasteiger charge is -2.05. The summed E-state index contributed by atoms with van der Waals surface area (Å²) in [5.41, 5.74) is 0.746. The summed E-state index contributed by atoms with van der Waals surface area (Å²) in [6, 6.07) is 1.50. The van der Waals surface area contributed by atoms with E-state index < -0.39 is 0 Å². The molecule has 0 aliphatic carbocycles. The zero-order valence-electron chi connectivity index (χ0n) is 9.92. The Bertz CT molecular complexity index is 582. The Morgan fingerprint density at radius 3 is 2.94 bits per heavy atom. The molecule has 0 saturated heterocycles. The Balaban J connectivity index is 2.44. The molecule has 0 spiro atoms. The van der Waals surface area contributed by atoms with E-state index in [0.29, 0.717) is 22.6 Å². The van der Waals surface area contributed by atoms with Crippen LogP contribution in [0.5, 0.6) is 5.88 Å². The third-order valence-electron chi connectivity index (χ3n) is 2.39. The van der Waals surface area contributed by atoms with Crippen LogP contribution in [0.15, 0.2) is 23.1 Å². The maximum absolute atomic E-state index is 12.3. The molecule has 2 rings (SSSR count). The first-order chi connectivity index (χ1) is 8.67. The van der Waals surface area contributed by atoms with E-state index >= 15 is 0 Å². The van der Waals surface area contributed by atoms with Gasteiger partial charge in [-0.05, 0) is 22.9 Å². The first-order valence-corrected chi connectivity index (χ1v) is 6.08. The van der Waals surface area contributed by atoms with Crippen molar-refractivity contribution < 1.29 is 9.53 Å². The van der Waals surface area contributed by atoms with Crippen molar-refractivity contribution in [3.63, 3.8) is 0 Å². The van der Waals surface area contributed by atoms with E-state index in [-0.39, 0.29) is 11.5 Å². The number of ketones is 1. The van der Waals surface area contributed by atoms with Gasteiger partial charge in [0.15, 0.2) is 0 Å². The lowest BCUT2D eigenvalue weighted by atomic mass is 10.2. The average molecular weight is 311 g/mol. The topological polar surface area (TPSA) is 69.9 Å². The first kappa shape index (κ1) is 12.7. The highest BCUT2D eigenvalue weighted by Crippen LogP contribution is 2.20. The lowest BCUT2D eigenvalue weighted by Crippen LogP contribution is -2.12. The Hall–Kier alpha value is -1.76. The Morgan fingerprint density at radius 1 is 1.50 bits per heavy atom. The van der Waals surface area contributed by atoms with Crippen LogP contribution in [0, 0.1) is 0 Å². The highest BCUT2D eigenvalue weighted by atomic mass is 79.9. The van der Waals surface area contributed by atoms with E-state index in [4.69, 9.17) is 4.74 Å². The number of hydrogen-bond donors (Lipinski definition) is 0. The van der Waals surface area contributed by atoms with E-state index in [1.54, 1.807) is 10.9 Å². The molecule has 6 nitrogen and oxygen atoms in total. The molecule has 2 aromatic heterocycles. The number of methoxy groups -OCH3 is 1. The molecule has 7 heteroatoms. The molecular formula is C11H11BrN4O2. The van der Waals surface area contributed by atoms with Gasteiger partial charge in [-0.3, -0.25) is 9.48 Å². The molecule has 18 heavy (non-hydrogen) atoms. The predicted molar refractivity (Wildman–Crippen MR) is 67.6 cm³/mol. The van der Waals surface area contributed by atoms with Crippen molar-refractivity contribution in [2.24, 2.45) is 0 Å². The minimum Gasteiger partial charge on any atom is -0.481 e. The fraction of sp³-hybridized carbons (Fsp3) is 0.273. The largest absolute Gasteiger partial charge is 0.481 e. The number of rotatable bonds is 4. The first-order valence-electron chi connectivity index (χ1n) is 5.29. The standard InChI is InChI=1S/C11H11BrN4O2/c1-3-16-10(7(12)5-15-16)11(17)8-4-9(18-2)14-6-13-8/h4-6H,3H2,1-2H3. The van der Waals surface area contributed by atoms with Crippen molar-refractivity contribution in [2.45, 2.75) is 13.5 Å². The van der Waals surface area contributed by atoms with E-state index in [9.17, 15) is 4.79 Å². The molecule has 0 saturated carbocycles. The molecule has 0 unspecified atom stereocenters. The molecule has 0 radical (unpaired) electrons. The maximum atomic E-state index is 12.3. The maximum Gasteiger partial charge on any atom is 0.230 e. The molecule has 0 aliphatic heterocycles. The van der Waals surface area contributed by atoms with Gasteiger partial charge in [0.1, 0.15) is 17.7 Å². The van der Waals surface area contributed by atoms with Crippen molar-refractivity contribution in [1.82, 2.24) is 19.7 Å². The zero-order valence-corrected chi connectivity index (χ0v) is 11.5. The van der Waals surface area contributed by atoms with Crippen molar-refractivity contribution in [3.8, 4) is 5.88 Å². The second-order valence-corrected chi connectivity index (χ2v) is 4.29. The van der Waals surface area contributed by atoms with Gasteiger partial charge in [0.25, 0.3) is 0 Å². The Kier molecular flexibility index (Phi) is 3.71. The molecular weight excluding hydrogens is 300 g/mol. The number of carbonyl (C=O) groups excluding carboxylic acids is 1. The van der Waals surface area contributed by atoms with E-state index in [1.807, 2.05) is 6.92 Å². The molecule has 0 amide bonds. The van der Waals surface area contributed by atoms with Crippen LogP contribution in [0.3, 0.4) is 0 Å². The lowest BCUT2D eigenvalue weighted by molar-refractivity contribution is 0.102. The summed E-state index contributed by atoms with van der Waals surface area (Å²) in [6.45, 7) is 2.52. The second kappa shape index (κ2) is 5.26. The zero-order chi connectivity index (χ0) is 13.1. The van der Waals surface area contributed by atoms with Crippen LogP contribution < -0.4 is 4.74 Å². The van der Waals surface area contributed by atoms with Crippen LogP contribution in [0.2, 0.25) is 0 Å². The molecule has 2 aromatic rings. The average Bonchev–Trinajstić information content (AvgIpc) is 2.79. The molecule has 2 heterocycles. The molecule has 0 aliphatic rings. The van der Waals surface area contributed by atoms with Crippen LogP contribution in [0.1, 0.15) is 23.1 Å². The fourth-order valence-corrected chi connectivity index (χ4v) is 2.00. The number of aryl methyl sites for hydroxylation is 1. The summed E-state index contributed by atoms with van der Waals surface area (Å²) in [6.07, 6.45) is 2.89. The number of halogens is 1. The predicted octanol–water partition coefficient (Wildman–Crippen LogP) is 1.70. The molecule has 0 N–H and O–H groups in total. The Morgan fingerprint density at radius 2 is 2.28 bits per heavy atom. The minimum absolute atomic E-state index is 0.220. The molecule has 0 fully saturated rings. The third-order valence-corrected chi connectivity index (χ3v) is 2.97. The monoisotopic (exact) mass is 310 g/mol. The van der Waals surface area contributed by atoms with Crippen LogP contribution in [-0.2, 0) is 6.54 Å². The van der Waals surface area contributed by atoms with Gasteiger partial charge >= 0.3 is 0 Å². The van der Waals surface area contributed by atoms with Crippen molar-refractivity contribution in [2.75, 3.05) is 7.11 Å².